The molecule has 3 aromatic rings. The summed E-state index contributed by atoms with van der Waals surface area (Å²) in [5, 5.41) is 4.69. The van der Waals surface area contributed by atoms with Gasteiger partial charge >= 0.3 is 11.9 Å². The lowest BCUT2D eigenvalue weighted by Crippen LogP contribution is -2.16. The van der Waals surface area contributed by atoms with Crippen LogP contribution >= 0.6 is 0 Å². The van der Waals surface area contributed by atoms with Crippen molar-refractivity contribution in [3.63, 3.8) is 0 Å². The number of methoxy groups -OCH3 is 1. The molecule has 0 atom stereocenters. The number of para-hydroxylation sites is 1. The van der Waals surface area contributed by atoms with E-state index in [1.807, 2.05) is 12.1 Å². The van der Waals surface area contributed by atoms with E-state index in [-0.39, 0.29) is 12.4 Å². The molecule has 0 radical (unpaired) electrons. The molecule has 150 valence electrons. The molecule has 1 N–H and O–H groups in total. The van der Waals surface area contributed by atoms with Gasteiger partial charge in [0.05, 0.1) is 19.9 Å². The van der Waals surface area contributed by atoms with E-state index in [9.17, 15) is 9.59 Å². The Hall–Kier alpha value is -3.81. The van der Waals surface area contributed by atoms with E-state index in [4.69, 9.17) is 18.6 Å². The van der Waals surface area contributed by atoms with Gasteiger partial charge in [-0.25, -0.2) is 10.2 Å². The number of nitrogens with one attached hydrogen (secondary N) is 1. The maximum absolute atomic E-state index is 12.3. The molecule has 1 heterocycles. The van der Waals surface area contributed by atoms with E-state index >= 15 is 0 Å². The first-order valence-electron chi connectivity index (χ1n) is 8.89. The van der Waals surface area contributed by atoms with E-state index in [0.717, 1.165) is 5.39 Å². The molecule has 0 aliphatic carbocycles. The second kappa shape index (κ2) is 9.41. The lowest BCUT2D eigenvalue weighted by molar-refractivity contribution is -0.145. The fourth-order valence-corrected chi connectivity index (χ4v) is 2.56. The van der Waals surface area contributed by atoms with Gasteiger partial charge in [-0.05, 0) is 36.8 Å². The maximum atomic E-state index is 12.3. The van der Waals surface area contributed by atoms with Crippen molar-refractivity contribution in [1.29, 1.82) is 0 Å². The molecule has 0 aliphatic rings. The fourth-order valence-electron chi connectivity index (χ4n) is 2.56. The molecule has 3 rings (SSSR count). The maximum Gasteiger partial charge on any atom is 0.344 e. The van der Waals surface area contributed by atoms with Gasteiger partial charge in [0.1, 0.15) is 5.75 Å². The van der Waals surface area contributed by atoms with Crippen molar-refractivity contribution >= 4 is 29.1 Å². The second-order valence-electron chi connectivity index (χ2n) is 5.85. The Morgan fingerprint density at radius 3 is 2.79 bits per heavy atom. The third-order valence-electron chi connectivity index (χ3n) is 3.85. The lowest BCUT2D eigenvalue weighted by atomic mass is 10.2. The number of hydrogen-bond acceptors (Lipinski definition) is 7. The van der Waals surface area contributed by atoms with Crippen LogP contribution in [0.15, 0.2) is 58.0 Å². The van der Waals surface area contributed by atoms with Crippen LogP contribution in [0.3, 0.4) is 0 Å². The number of furan rings is 1. The third-order valence-corrected chi connectivity index (χ3v) is 3.85. The van der Waals surface area contributed by atoms with Crippen LogP contribution in [0.2, 0.25) is 0 Å². The number of nitrogens with zero attached hydrogens (tertiary/aromatic N) is 1. The minimum absolute atomic E-state index is 0.119. The number of hydrogen-bond donors (Lipinski definition) is 1. The predicted molar refractivity (Wildman–Crippen MR) is 106 cm³/mol. The fraction of sp³-hybridized carbons (Fsp3) is 0.190. The lowest BCUT2D eigenvalue weighted by Gasteiger charge is -2.06. The largest absolute Gasteiger partial charge is 0.493 e. The first-order chi connectivity index (χ1) is 14.1. The molecule has 8 nitrogen and oxygen atoms in total. The monoisotopic (exact) mass is 396 g/mol. The van der Waals surface area contributed by atoms with Crippen molar-refractivity contribution in [2.45, 2.75) is 6.92 Å². The predicted octanol–water partition coefficient (Wildman–Crippen LogP) is 3.15. The van der Waals surface area contributed by atoms with Gasteiger partial charge in [-0.3, -0.25) is 4.79 Å². The Labute approximate surface area is 167 Å². The van der Waals surface area contributed by atoms with Crippen LogP contribution < -0.4 is 14.9 Å². The molecule has 0 saturated carbocycles. The minimum Gasteiger partial charge on any atom is -0.493 e. The van der Waals surface area contributed by atoms with Crippen molar-refractivity contribution in [2.24, 2.45) is 5.10 Å². The van der Waals surface area contributed by atoms with Crippen LogP contribution in [-0.4, -0.2) is 38.4 Å². The molecule has 0 saturated heterocycles. The summed E-state index contributed by atoms with van der Waals surface area (Å²) < 4.78 is 21.0. The average Bonchev–Trinajstić information content (AvgIpc) is 3.17. The summed E-state index contributed by atoms with van der Waals surface area (Å²) in [5.41, 5.74) is 3.59. The molecule has 0 fully saturated rings. The number of amides is 1. The van der Waals surface area contributed by atoms with Crippen LogP contribution in [0.5, 0.6) is 11.5 Å². The molecule has 0 spiro atoms. The van der Waals surface area contributed by atoms with E-state index in [1.165, 1.54) is 13.3 Å². The van der Waals surface area contributed by atoms with Crippen molar-refractivity contribution in [2.75, 3.05) is 20.3 Å². The molecule has 0 aliphatic heterocycles. The van der Waals surface area contributed by atoms with Crippen molar-refractivity contribution in [3.8, 4) is 11.5 Å². The molecule has 2 aromatic carbocycles. The Bertz CT molecular complexity index is 1040. The first kappa shape index (κ1) is 19.9. The van der Waals surface area contributed by atoms with Gasteiger partial charge in [-0.15, -0.1) is 0 Å². The van der Waals surface area contributed by atoms with E-state index in [1.54, 1.807) is 43.3 Å². The topological polar surface area (TPSA) is 99.4 Å². The van der Waals surface area contributed by atoms with E-state index in [2.05, 4.69) is 10.5 Å². The number of carbonyl (C=O) groups is 2. The van der Waals surface area contributed by atoms with Crippen LogP contribution in [0.1, 0.15) is 23.0 Å². The number of fused-ring (bicyclic) bond motifs is 1. The zero-order chi connectivity index (χ0) is 20.6. The van der Waals surface area contributed by atoms with Gasteiger partial charge in [-0.1, -0.05) is 24.3 Å². The number of benzene rings is 2. The number of rotatable bonds is 8. The summed E-state index contributed by atoms with van der Waals surface area (Å²) in [7, 11) is 1.53. The second-order valence-corrected chi connectivity index (χ2v) is 5.85. The smallest absolute Gasteiger partial charge is 0.344 e. The van der Waals surface area contributed by atoms with Crippen LogP contribution in [0.4, 0.5) is 0 Å². The SMILES string of the molecule is CCOC(=O)COc1cccc(/C=N\NC(=O)c2cc3cccc(OC)c3o2)c1. The van der Waals surface area contributed by atoms with Gasteiger partial charge < -0.3 is 18.6 Å². The van der Waals surface area contributed by atoms with Crippen LogP contribution in [0.25, 0.3) is 11.0 Å². The summed E-state index contributed by atoms with van der Waals surface area (Å²) in [6, 6.07) is 13.9. The van der Waals surface area contributed by atoms with E-state index < -0.39 is 11.9 Å². The molecule has 8 heteroatoms. The number of hydrazone groups is 1. The molecule has 29 heavy (non-hydrogen) atoms. The summed E-state index contributed by atoms with van der Waals surface area (Å²) >= 11 is 0. The highest BCUT2D eigenvalue weighted by Gasteiger charge is 2.14. The normalized spacial score (nSPS) is 10.8. The molecule has 1 aromatic heterocycles. The molecular formula is C21H20N2O6. The van der Waals surface area contributed by atoms with Crippen LogP contribution in [-0.2, 0) is 9.53 Å². The Morgan fingerprint density at radius 1 is 1.17 bits per heavy atom. The quantitative estimate of drug-likeness (QED) is 0.357. The Kier molecular flexibility index (Phi) is 6.47. The molecule has 0 bridgehead atoms. The van der Waals surface area contributed by atoms with Crippen LogP contribution in [0, 0.1) is 0 Å². The van der Waals surface area contributed by atoms with Crippen molar-refractivity contribution < 1.29 is 28.2 Å². The van der Waals surface area contributed by atoms with Gasteiger partial charge in [0.2, 0.25) is 0 Å². The number of esters is 1. The highest BCUT2D eigenvalue weighted by molar-refractivity contribution is 5.97. The Morgan fingerprint density at radius 2 is 2.00 bits per heavy atom. The molecular weight excluding hydrogens is 376 g/mol. The van der Waals surface area contributed by atoms with Gasteiger partial charge in [-0.2, -0.15) is 5.10 Å². The van der Waals surface area contributed by atoms with E-state index in [0.29, 0.717) is 29.3 Å². The average molecular weight is 396 g/mol. The van der Waals surface area contributed by atoms with Gasteiger partial charge in [0.15, 0.2) is 23.7 Å². The molecule has 1 amide bonds. The highest BCUT2D eigenvalue weighted by atomic mass is 16.6. The number of ether oxygens (including phenoxy) is 3. The zero-order valence-corrected chi connectivity index (χ0v) is 16.0. The summed E-state index contributed by atoms with van der Waals surface area (Å²) in [6.45, 7) is 1.85. The first-order valence-corrected chi connectivity index (χ1v) is 8.89. The highest BCUT2D eigenvalue weighted by Crippen LogP contribution is 2.28. The summed E-state index contributed by atoms with van der Waals surface area (Å²) in [6.07, 6.45) is 1.46. The standard InChI is InChI=1S/C21H20N2O6/c1-3-27-19(24)13-28-16-8-4-6-14(10-16)12-22-23-21(25)18-11-15-7-5-9-17(26-2)20(15)29-18/h4-12H,3,13H2,1-2H3,(H,23,25)/b22-12-. The third kappa shape index (κ3) is 5.13. The molecule has 0 unspecified atom stereocenters. The van der Waals surface area contributed by atoms with Crippen molar-refractivity contribution in [3.05, 3.63) is 59.9 Å². The minimum atomic E-state index is -0.491. The van der Waals surface area contributed by atoms with Crippen molar-refractivity contribution in [1.82, 2.24) is 5.43 Å². The Balaban J connectivity index is 1.61. The van der Waals surface area contributed by atoms with Gasteiger partial charge in [0, 0.05) is 5.39 Å². The number of carbonyl (C=O) groups excluding carboxylic acids is 2. The summed E-state index contributed by atoms with van der Waals surface area (Å²) in [5.74, 6) is 0.214. The summed E-state index contributed by atoms with van der Waals surface area (Å²) in [4.78, 5) is 23.6. The van der Waals surface area contributed by atoms with Gasteiger partial charge in [0.25, 0.3) is 0 Å². The zero-order valence-electron chi connectivity index (χ0n) is 16.0.